The summed E-state index contributed by atoms with van der Waals surface area (Å²) in [5.41, 5.74) is 4.59. The smallest absolute Gasteiger partial charge is 0.407 e. The van der Waals surface area contributed by atoms with Crippen molar-refractivity contribution in [1.29, 1.82) is 0 Å². The van der Waals surface area contributed by atoms with Crippen molar-refractivity contribution in [3.8, 4) is 11.1 Å². The number of aliphatic carboxylic acids is 1. The van der Waals surface area contributed by atoms with Gasteiger partial charge in [0, 0.05) is 18.4 Å². The Hall–Kier alpha value is -3.39. The molecule has 4 rings (SSSR count). The summed E-state index contributed by atoms with van der Waals surface area (Å²) in [5, 5.41) is 22.9. The molecule has 3 atom stereocenters. The molecule has 0 radical (unpaired) electrons. The van der Waals surface area contributed by atoms with E-state index in [0.29, 0.717) is 13.0 Å². The second kappa shape index (κ2) is 8.77. The number of aliphatic hydroxyl groups is 1. The summed E-state index contributed by atoms with van der Waals surface area (Å²) in [4.78, 5) is 34.7. The first-order valence-electron chi connectivity index (χ1n) is 10.2. The summed E-state index contributed by atoms with van der Waals surface area (Å²) in [6, 6.07) is 16.2. The average molecular weight is 424 g/mol. The Morgan fingerprint density at radius 3 is 2.23 bits per heavy atom. The largest absolute Gasteiger partial charge is 0.479 e. The lowest BCUT2D eigenvalue weighted by Gasteiger charge is -2.14. The number of carbonyl (C=O) groups is 3. The van der Waals surface area contributed by atoms with Gasteiger partial charge in [-0.25, -0.2) is 9.59 Å². The normalized spacial score (nSPS) is 19.6. The number of nitrogens with one attached hydrogen (secondary N) is 2. The zero-order valence-electron chi connectivity index (χ0n) is 16.8. The number of alkyl carbamates (subject to hydrolysis) is 1. The Kier molecular flexibility index (Phi) is 5.90. The molecule has 8 heteroatoms. The van der Waals surface area contributed by atoms with E-state index < -0.39 is 18.2 Å². The van der Waals surface area contributed by atoms with Crippen LogP contribution in [0.5, 0.6) is 0 Å². The lowest BCUT2D eigenvalue weighted by Crippen LogP contribution is -2.37. The van der Waals surface area contributed by atoms with Crippen LogP contribution < -0.4 is 10.6 Å². The van der Waals surface area contributed by atoms with Crippen molar-refractivity contribution in [1.82, 2.24) is 10.6 Å². The fourth-order valence-electron chi connectivity index (χ4n) is 4.07. The van der Waals surface area contributed by atoms with Crippen molar-refractivity contribution in [2.75, 3.05) is 19.7 Å². The molecule has 2 aromatic rings. The first-order chi connectivity index (χ1) is 15.0. The van der Waals surface area contributed by atoms with Crippen LogP contribution in [-0.4, -0.2) is 54.0 Å². The number of carbonyl (C=O) groups excluding carboxylic acids is 2. The van der Waals surface area contributed by atoms with Crippen LogP contribution in [0.2, 0.25) is 0 Å². The van der Waals surface area contributed by atoms with E-state index in [2.05, 4.69) is 34.9 Å². The van der Waals surface area contributed by atoms with Crippen molar-refractivity contribution in [3.63, 3.8) is 0 Å². The minimum atomic E-state index is -1.62. The van der Waals surface area contributed by atoms with Crippen LogP contribution >= 0.6 is 0 Å². The predicted octanol–water partition coefficient (Wildman–Crippen LogP) is 1.72. The molecule has 0 aromatic heterocycles. The minimum Gasteiger partial charge on any atom is -0.479 e. The highest BCUT2D eigenvalue weighted by Crippen LogP contribution is 2.44. The van der Waals surface area contributed by atoms with E-state index in [9.17, 15) is 19.5 Å². The van der Waals surface area contributed by atoms with Gasteiger partial charge in [0.2, 0.25) is 5.91 Å². The maximum absolute atomic E-state index is 12.2. The van der Waals surface area contributed by atoms with E-state index in [-0.39, 0.29) is 36.8 Å². The third-order valence-electron chi connectivity index (χ3n) is 5.87. The molecule has 0 spiro atoms. The third-order valence-corrected chi connectivity index (χ3v) is 5.87. The quantitative estimate of drug-likeness (QED) is 0.511. The highest BCUT2D eigenvalue weighted by molar-refractivity contribution is 5.83. The summed E-state index contributed by atoms with van der Waals surface area (Å²) < 4.78 is 5.47. The molecule has 162 valence electrons. The van der Waals surface area contributed by atoms with Crippen molar-refractivity contribution < 1.29 is 29.3 Å². The van der Waals surface area contributed by atoms with E-state index in [1.807, 2.05) is 24.3 Å². The van der Waals surface area contributed by atoms with Crippen molar-refractivity contribution in [3.05, 3.63) is 59.7 Å². The van der Waals surface area contributed by atoms with Gasteiger partial charge in [-0.15, -0.1) is 0 Å². The minimum absolute atomic E-state index is 0.0155. The van der Waals surface area contributed by atoms with Gasteiger partial charge in [0.15, 0.2) is 6.10 Å². The second-order valence-electron chi connectivity index (χ2n) is 7.91. The Morgan fingerprint density at radius 2 is 1.61 bits per heavy atom. The number of benzene rings is 2. The number of carboxylic acids is 1. The van der Waals surface area contributed by atoms with Gasteiger partial charge in [0.1, 0.15) is 6.61 Å². The summed E-state index contributed by atoms with van der Waals surface area (Å²) in [6.45, 7) is 0.189. The molecule has 0 aliphatic heterocycles. The van der Waals surface area contributed by atoms with Gasteiger partial charge >= 0.3 is 12.1 Å². The summed E-state index contributed by atoms with van der Waals surface area (Å²) in [5.74, 6) is -2.04. The molecule has 31 heavy (non-hydrogen) atoms. The molecule has 0 bridgehead atoms. The molecular weight excluding hydrogens is 400 g/mol. The number of aliphatic hydroxyl groups excluding tert-OH is 1. The molecule has 1 saturated carbocycles. The Balaban J connectivity index is 1.23. The zero-order chi connectivity index (χ0) is 22.0. The van der Waals surface area contributed by atoms with E-state index in [1.165, 1.54) is 0 Å². The Labute approximate surface area is 179 Å². The second-order valence-corrected chi connectivity index (χ2v) is 7.91. The number of ether oxygens (including phenoxy) is 1. The van der Waals surface area contributed by atoms with Crippen molar-refractivity contribution in [2.24, 2.45) is 11.8 Å². The lowest BCUT2D eigenvalue weighted by atomic mass is 9.98. The SMILES string of the molecule is O=C(NCC1CC1C(=O)NC[C@H](O)C(=O)O)OCC1c2ccccc2-c2ccccc21. The van der Waals surface area contributed by atoms with Gasteiger partial charge in [-0.3, -0.25) is 4.79 Å². The Morgan fingerprint density at radius 1 is 1.00 bits per heavy atom. The van der Waals surface area contributed by atoms with Gasteiger partial charge in [-0.05, 0) is 34.6 Å². The number of rotatable bonds is 8. The van der Waals surface area contributed by atoms with Crippen LogP contribution in [0, 0.1) is 11.8 Å². The molecule has 1 fully saturated rings. The highest BCUT2D eigenvalue weighted by Gasteiger charge is 2.43. The summed E-state index contributed by atoms with van der Waals surface area (Å²) in [7, 11) is 0. The maximum Gasteiger partial charge on any atom is 0.407 e. The van der Waals surface area contributed by atoms with Gasteiger partial charge < -0.3 is 25.6 Å². The molecule has 2 aromatic carbocycles. The highest BCUT2D eigenvalue weighted by atomic mass is 16.5. The van der Waals surface area contributed by atoms with Crippen LogP contribution in [0.25, 0.3) is 11.1 Å². The predicted molar refractivity (Wildman–Crippen MR) is 111 cm³/mol. The summed E-state index contributed by atoms with van der Waals surface area (Å²) in [6.07, 6.45) is -1.56. The van der Waals surface area contributed by atoms with Crippen LogP contribution in [0.15, 0.2) is 48.5 Å². The molecule has 8 nitrogen and oxygen atoms in total. The van der Waals surface area contributed by atoms with Gasteiger partial charge in [0.05, 0.1) is 6.54 Å². The van der Waals surface area contributed by atoms with Crippen molar-refractivity contribution in [2.45, 2.75) is 18.4 Å². The summed E-state index contributed by atoms with van der Waals surface area (Å²) >= 11 is 0. The average Bonchev–Trinajstić information content (AvgIpc) is 3.49. The fraction of sp³-hybridized carbons (Fsp3) is 0.348. The number of amides is 2. The van der Waals surface area contributed by atoms with E-state index in [0.717, 1.165) is 22.3 Å². The molecule has 2 unspecified atom stereocenters. The molecule has 2 aliphatic rings. The molecule has 2 amide bonds. The van der Waals surface area contributed by atoms with Gasteiger partial charge in [0.25, 0.3) is 0 Å². The fourth-order valence-corrected chi connectivity index (χ4v) is 4.07. The number of fused-ring (bicyclic) bond motifs is 3. The van der Waals surface area contributed by atoms with Crippen LogP contribution in [-0.2, 0) is 14.3 Å². The van der Waals surface area contributed by atoms with Crippen LogP contribution in [0.1, 0.15) is 23.5 Å². The first kappa shape index (κ1) is 20.9. The standard InChI is InChI=1S/C23H24N2O6/c26-20(22(28)29)11-24-21(27)18-9-13(18)10-25-23(30)31-12-19-16-7-3-1-5-14(16)15-6-2-4-8-17(15)19/h1-8,13,18-20,26H,9-12H2,(H,24,27)(H,25,30)(H,28,29)/t13?,18?,20-/m0/s1. The number of carboxylic acid groups (broad SMARTS) is 1. The molecule has 0 saturated heterocycles. The zero-order valence-corrected chi connectivity index (χ0v) is 16.8. The molecular formula is C23H24N2O6. The van der Waals surface area contributed by atoms with Crippen LogP contribution in [0.3, 0.4) is 0 Å². The molecule has 4 N–H and O–H groups in total. The van der Waals surface area contributed by atoms with E-state index >= 15 is 0 Å². The lowest BCUT2D eigenvalue weighted by molar-refractivity contribution is -0.146. The number of hydrogen-bond acceptors (Lipinski definition) is 5. The topological polar surface area (TPSA) is 125 Å². The van der Waals surface area contributed by atoms with Gasteiger partial charge in [-0.1, -0.05) is 48.5 Å². The van der Waals surface area contributed by atoms with Gasteiger partial charge in [-0.2, -0.15) is 0 Å². The van der Waals surface area contributed by atoms with Crippen LogP contribution in [0.4, 0.5) is 4.79 Å². The van der Waals surface area contributed by atoms with Crippen molar-refractivity contribution >= 4 is 18.0 Å². The maximum atomic E-state index is 12.2. The first-order valence-corrected chi connectivity index (χ1v) is 10.2. The van der Waals surface area contributed by atoms with E-state index in [4.69, 9.17) is 9.84 Å². The third kappa shape index (κ3) is 4.54. The Bertz CT molecular complexity index is 962. The number of hydrogen-bond donors (Lipinski definition) is 4. The monoisotopic (exact) mass is 424 g/mol. The molecule has 2 aliphatic carbocycles. The van der Waals surface area contributed by atoms with E-state index in [1.54, 1.807) is 0 Å². The molecule has 0 heterocycles.